The van der Waals surface area contributed by atoms with Crippen molar-refractivity contribution in [2.75, 3.05) is 13.6 Å². The van der Waals surface area contributed by atoms with Gasteiger partial charge in [0.15, 0.2) is 0 Å². The summed E-state index contributed by atoms with van der Waals surface area (Å²) < 4.78 is 0. The van der Waals surface area contributed by atoms with Crippen molar-refractivity contribution in [3.05, 3.63) is 70.8 Å². The van der Waals surface area contributed by atoms with E-state index >= 15 is 0 Å². The molecule has 0 saturated heterocycles. The van der Waals surface area contributed by atoms with Crippen LogP contribution in [-0.4, -0.2) is 23.6 Å². The van der Waals surface area contributed by atoms with Gasteiger partial charge in [-0.15, -0.1) is 0 Å². The molecule has 0 saturated carbocycles. The minimum absolute atomic E-state index is 0.439. The van der Waals surface area contributed by atoms with Crippen molar-refractivity contribution < 1.29 is 5.11 Å². The maximum atomic E-state index is 10.3. The second kappa shape index (κ2) is 6.69. The van der Waals surface area contributed by atoms with Gasteiger partial charge in [0.1, 0.15) is 0 Å². The van der Waals surface area contributed by atoms with E-state index < -0.39 is 6.10 Å². The van der Waals surface area contributed by atoms with Crippen molar-refractivity contribution in [3.63, 3.8) is 0 Å². The summed E-state index contributed by atoms with van der Waals surface area (Å²) in [5.41, 5.74) is 4.88. The quantitative estimate of drug-likeness (QED) is 0.898. The molecule has 2 aromatic carbocycles. The number of likely N-dealkylation sites (N-methyl/N-ethyl adjacent to an activating group) is 1. The summed E-state index contributed by atoms with van der Waals surface area (Å²) >= 11 is 0. The Kier molecular flexibility index (Phi) is 4.94. The summed E-state index contributed by atoms with van der Waals surface area (Å²) in [6.45, 7) is 5.74. The summed E-state index contributed by atoms with van der Waals surface area (Å²) in [5.74, 6) is 0. The van der Waals surface area contributed by atoms with Gasteiger partial charge in [-0.1, -0.05) is 54.1 Å². The molecule has 20 heavy (non-hydrogen) atoms. The Hall–Kier alpha value is -1.64. The van der Waals surface area contributed by atoms with E-state index in [4.69, 9.17) is 0 Å². The van der Waals surface area contributed by atoms with E-state index in [1.54, 1.807) is 0 Å². The molecular weight excluding hydrogens is 246 g/mol. The first kappa shape index (κ1) is 14.8. The first-order valence-corrected chi connectivity index (χ1v) is 7.04. The molecule has 0 radical (unpaired) electrons. The zero-order chi connectivity index (χ0) is 14.5. The minimum atomic E-state index is -0.439. The Morgan fingerprint density at radius 2 is 1.75 bits per heavy atom. The molecule has 0 aliphatic heterocycles. The van der Waals surface area contributed by atoms with Crippen LogP contribution in [0.15, 0.2) is 48.5 Å². The van der Waals surface area contributed by atoms with Crippen LogP contribution in [0.5, 0.6) is 0 Å². The maximum absolute atomic E-state index is 10.3. The topological polar surface area (TPSA) is 23.5 Å². The Morgan fingerprint density at radius 3 is 2.45 bits per heavy atom. The molecule has 0 fully saturated rings. The summed E-state index contributed by atoms with van der Waals surface area (Å²) in [6.07, 6.45) is -0.439. The second-order valence-electron chi connectivity index (χ2n) is 5.55. The van der Waals surface area contributed by atoms with Crippen LogP contribution in [0.4, 0.5) is 0 Å². The van der Waals surface area contributed by atoms with Gasteiger partial charge in [-0.25, -0.2) is 0 Å². The summed E-state index contributed by atoms with van der Waals surface area (Å²) in [6, 6.07) is 16.3. The molecule has 0 bridgehead atoms. The number of aryl methyl sites for hydroxylation is 2. The van der Waals surface area contributed by atoms with Gasteiger partial charge < -0.3 is 5.11 Å². The summed E-state index contributed by atoms with van der Waals surface area (Å²) in [7, 11) is 2.05. The molecular formula is C18H23NO. The number of aliphatic hydroxyl groups is 1. The Labute approximate surface area is 121 Å². The summed E-state index contributed by atoms with van der Waals surface area (Å²) in [5, 5.41) is 10.3. The van der Waals surface area contributed by atoms with Crippen molar-refractivity contribution in [3.8, 4) is 0 Å². The molecule has 0 amide bonds. The van der Waals surface area contributed by atoms with Crippen molar-refractivity contribution in [2.45, 2.75) is 26.5 Å². The highest BCUT2D eigenvalue weighted by Crippen LogP contribution is 2.16. The fourth-order valence-corrected chi connectivity index (χ4v) is 2.40. The molecule has 0 aromatic heterocycles. The van der Waals surface area contributed by atoms with Crippen molar-refractivity contribution >= 4 is 0 Å². The molecule has 2 heteroatoms. The molecule has 0 spiro atoms. The van der Waals surface area contributed by atoms with Gasteiger partial charge in [-0.3, -0.25) is 4.90 Å². The average molecular weight is 269 g/mol. The van der Waals surface area contributed by atoms with Crippen molar-refractivity contribution in [1.82, 2.24) is 4.90 Å². The maximum Gasteiger partial charge on any atom is 0.0916 e. The van der Waals surface area contributed by atoms with E-state index in [9.17, 15) is 5.11 Å². The molecule has 0 heterocycles. The zero-order valence-electron chi connectivity index (χ0n) is 12.5. The van der Waals surface area contributed by atoms with Gasteiger partial charge in [0.05, 0.1) is 6.10 Å². The number of aliphatic hydroxyl groups excluding tert-OH is 1. The van der Waals surface area contributed by atoms with Gasteiger partial charge in [0, 0.05) is 13.1 Å². The first-order chi connectivity index (χ1) is 9.56. The average Bonchev–Trinajstić information content (AvgIpc) is 2.43. The van der Waals surface area contributed by atoms with Crippen molar-refractivity contribution in [1.29, 1.82) is 0 Å². The molecule has 2 aromatic rings. The van der Waals surface area contributed by atoms with E-state index in [2.05, 4.69) is 36.9 Å². The Bertz CT molecular complexity index is 551. The summed E-state index contributed by atoms with van der Waals surface area (Å²) in [4.78, 5) is 2.17. The SMILES string of the molecule is Cc1ccc(C)c(CN(C)CC(O)c2ccccc2)c1. The molecule has 106 valence electrons. The van der Waals surface area contributed by atoms with Gasteiger partial charge in [-0.05, 0) is 37.6 Å². The van der Waals surface area contributed by atoms with E-state index in [1.807, 2.05) is 37.4 Å². The van der Waals surface area contributed by atoms with Crippen LogP contribution in [0, 0.1) is 13.8 Å². The van der Waals surface area contributed by atoms with Crippen LogP contribution in [-0.2, 0) is 6.54 Å². The lowest BCUT2D eigenvalue weighted by atomic mass is 10.0. The molecule has 2 rings (SSSR count). The third kappa shape index (κ3) is 3.92. The largest absolute Gasteiger partial charge is 0.387 e. The first-order valence-electron chi connectivity index (χ1n) is 7.04. The fourth-order valence-electron chi connectivity index (χ4n) is 2.40. The smallest absolute Gasteiger partial charge is 0.0916 e. The van der Waals surface area contributed by atoms with Crippen LogP contribution in [0.2, 0.25) is 0 Å². The van der Waals surface area contributed by atoms with E-state index in [1.165, 1.54) is 16.7 Å². The fraction of sp³-hybridized carbons (Fsp3) is 0.333. The standard InChI is InChI=1S/C18H23NO/c1-14-9-10-15(2)17(11-14)12-19(3)13-18(20)16-7-5-4-6-8-16/h4-11,18,20H,12-13H2,1-3H3. The highest BCUT2D eigenvalue weighted by Gasteiger charge is 2.11. The number of benzene rings is 2. The monoisotopic (exact) mass is 269 g/mol. The second-order valence-corrected chi connectivity index (χ2v) is 5.55. The predicted molar refractivity (Wildman–Crippen MR) is 83.7 cm³/mol. The third-order valence-corrected chi connectivity index (χ3v) is 3.61. The molecule has 0 aliphatic carbocycles. The number of nitrogens with zero attached hydrogens (tertiary/aromatic N) is 1. The number of rotatable bonds is 5. The van der Waals surface area contributed by atoms with Gasteiger partial charge in [-0.2, -0.15) is 0 Å². The van der Waals surface area contributed by atoms with Crippen molar-refractivity contribution in [2.24, 2.45) is 0 Å². The Balaban J connectivity index is 1.99. The molecule has 2 nitrogen and oxygen atoms in total. The highest BCUT2D eigenvalue weighted by molar-refractivity contribution is 5.30. The Morgan fingerprint density at radius 1 is 1.05 bits per heavy atom. The predicted octanol–water partition coefficient (Wildman–Crippen LogP) is 3.47. The van der Waals surface area contributed by atoms with E-state index in [-0.39, 0.29) is 0 Å². The van der Waals surface area contributed by atoms with Gasteiger partial charge in [0.2, 0.25) is 0 Å². The van der Waals surface area contributed by atoms with E-state index in [0.29, 0.717) is 6.54 Å². The number of hydrogen-bond acceptors (Lipinski definition) is 2. The molecule has 0 aliphatic rings. The van der Waals surface area contributed by atoms with Crippen LogP contribution >= 0.6 is 0 Å². The van der Waals surface area contributed by atoms with Crippen LogP contribution in [0.3, 0.4) is 0 Å². The molecule has 1 N–H and O–H groups in total. The van der Waals surface area contributed by atoms with Crippen LogP contribution < -0.4 is 0 Å². The lowest BCUT2D eigenvalue weighted by Gasteiger charge is -2.22. The lowest BCUT2D eigenvalue weighted by Crippen LogP contribution is -2.24. The van der Waals surface area contributed by atoms with Crippen LogP contribution in [0.25, 0.3) is 0 Å². The molecule has 1 atom stereocenters. The van der Waals surface area contributed by atoms with E-state index in [0.717, 1.165) is 12.1 Å². The minimum Gasteiger partial charge on any atom is -0.387 e. The highest BCUT2D eigenvalue weighted by atomic mass is 16.3. The lowest BCUT2D eigenvalue weighted by molar-refractivity contribution is 0.123. The van der Waals surface area contributed by atoms with Gasteiger partial charge in [0.25, 0.3) is 0 Å². The normalized spacial score (nSPS) is 12.7. The number of hydrogen-bond donors (Lipinski definition) is 1. The zero-order valence-corrected chi connectivity index (χ0v) is 12.5. The van der Waals surface area contributed by atoms with Crippen LogP contribution in [0.1, 0.15) is 28.4 Å². The third-order valence-electron chi connectivity index (χ3n) is 3.61. The van der Waals surface area contributed by atoms with Gasteiger partial charge >= 0.3 is 0 Å². The molecule has 1 unspecified atom stereocenters.